The molecular formula is C14H11FN2O. The Hall–Kier alpha value is -2.33. The van der Waals surface area contributed by atoms with Gasteiger partial charge in [0.05, 0.1) is 18.6 Å². The number of rotatable bonds is 2. The van der Waals surface area contributed by atoms with E-state index in [4.69, 9.17) is 15.3 Å². The molecule has 0 N–H and O–H groups in total. The van der Waals surface area contributed by atoms with E-state index in [2.05, 4.69) is 0 Å². The molecule has 3 nitrogen and oxygen atoms in total. The Labute approximate surface area is 105 Å². The first-order chi connectivity index (χ1) is 8.65. The second kappa shape index (κ2) is 4.89. The first kappa shape index (κ1) is 12.1. The summed E-state index contributed by atoms with van der Waals surface area (Å²) in [4.78, 5) is 0. The SMILES string of the molecule is C/C(=C\C#N)c1cc(F)cc2c1OC(CC#N)C2. The predicted octanol–water partition coefficient (Wildman–Crippen LogP) is 2.97. The van der Waals surface area contributed by atoms with Crippen LogP contribution in [0, 0.1) is 28.5 Å². The van der Waals surface area contributed by atoms with Crippen molar-refractivity contribution in [2.45, 2.75) is 25.9 Å². The molecule has 0 amide bonds. The third kappa shape index (κ3) is 2.19. The normalized spacial score (nSPS) is 17.6. The van der Waals surface area contributed by atoms with Crippen LogP contribution in [0.15, 0.2) is 18.2 Å². The Balaban J connectivity index is 2.44. The zero-order chi connectivity index (χ0) is 13.1. The molecule has 1 aliphatic heterocycles. The number of nitriles is 2. The fraction of sp³-hybridized carbons (Fsp3) is 0.286. The van der Waals surface area contributed by atoms with Crippen LogP contribution < -0.4 is 4.74 Å². The molecule has 4 heteroatoms. The molecule has 1 unspecified atom stereocenters. The highest BCUT2D eigenvalue weighted by molar-refractivity contribution is 5.72. The summed E-state index contributed by atoms with van der Waals surface area (Å²) in [5.41, 5.74) is 2.01. The van der Waals surface area contributed by atoms with Gasteiger partial charge in [-0.3, -0.25) is 0 Å². The van der Waals surface area contributed by atoms with Crippen molar-refractivity contribution in [1.82, 2.24) is 0 Å². The molecule has 2 rings (SSSR count). The number of halogens is 1. The number of hydrogen-bond acceptors (Lipinski definition) is 3. The zero-order valence-electron chi connectivity index (χ0n) is 9.90. The Morgan fingerprint density at radius 2 is 2.33 bits per heavy atom. The van der Waals surface area contributed by atoms with E-state index in [0.717, 1.165) is 5.56 Å². The number of hydrogen-bond donors (Lipinski definition) is 0. The summed E-state index contributed by atoms with van der Waals surface area (Å²) >= 11 is 0. The van der Waals surface area contributed by atoms with Crippen LogP contribution in [0.4, 0.5) is 4.39 Å². The first-order valence-corrected chi connectivity index (χ1v) is 5.58. The van der Waals surface area contributed by atoms with Gasteiger partial charge in [0, 0.05) is 23.6 Å². The number of benzene rings is 1. The molecule has 0 radical (unpaired) electrons. The highest BCUT2D eigenvalue weighted by Gasteiger charge is 2.26. The third-order valence-electron chi connectivity index (χ3n) is 2.89. The van der Waals surface area contributed by atoms with E-state index in [0.29, 0.717) is 23.3 Å². The second-order valence-electron chi connectivity index (χ2n) is 4.20. The molecule has 90 valence electrons. The highest BCUT2D eigenvalue weighted by Crippen LogP contribution is 2.37. The Bertz CT molecular complexity index is 593. The maximum Gasteiger partial charge on any atom is 0.130 e. The van der Waals surface area contributed by atoms with E-state index < -0.39 is 0 Å². The average molecular weight is 242 g/mol. The first-order valence-electron chi connectivity index (χ1n) is 5.58. The summed E-state index contributed by atoms with van der Waals surface area (Å²) < 4.78 is 19.2. The summed E-state index contributed by atoms with van der Waals surface area (Å²) in [5, 5.41) is 17.3. The van der Waals surface area contributed by atoms with Crippen molar-refractivity contribution in [3.05, 3.63) is 35.2 Å². The summed E-state index contributed by atoms with van der Waals surface area (Å²) in [6.07, 6.45) is 1.95. The molecule has 0 aliphatic carbocycles. The van der Waals surface area contributed by atoms with Gasteiger partial charge < -0.3 is 4.74 Å². The second-order valence-corrected chi connectivity index (χ2v) is 4.20. The van der Waals surface area contributed by atoms with Crippen molar-refractivity contribution < 1.29 is 9.13 Å². The van der Waals surface area contributed by atoms with Gasteiger partial charge in [0.15, 0.2) is 0 Å². The Kier molecular flexibility index (Phi) is 3.30. The molecular weight excluding hydrogens is 231 g/mol. The smallest absolute Gasteiger partial charge is 0.130 e. The lowest BCUT2D eigenvalue weighted by atomic mass is 10.0. The molecule has 1 aliphatic rings. The molecule has 0 bridgehead atoms. The van der Waals surface area contributed by atoms with E-state index in [9.17, 15) is 4.39 Å². The Morgan fingerprint density at radius 1 is 1.56 bits per heavy atom. The predicted molar refractivity (Wildman–Crippen MR) is 64.0 cm³/mol. The van der Waals surface area contributed by atoms with Gasteiger partial charge in [-0.25, -0.2) is 4.39 Å². The lowest BCUT2D eigenvalue weighted by Crippen LogP contribution is -2.11. The van der Waals surface area contributed by atoms with Crippen molar-refractivity contribution in [2.75, 3.05) is 0 Å². The van der Waals surface area contributed by atoms with Gasteiger partial charge in [0.2, 0.25) is 0 Å². The minimum atomic E-state index is -0.351. The van der Waals surface area contributed by atoms with Crippen LogP contribution >= 0.6 is 0 Å². The van der Waals surface area contributed by atoms with Crippen LogP contribution in [0.25, 0.3) is 5.57 Å². The quantitative estimate of drug-likeness (QED) is 0.749. The number of nitrogens with zero attached hydrogens (tertiary/aromatic N) is 2. The molecule has 1 heterocycles. The summed E-state index contributed by atoms with van der Waals surface area (Å²) in [7, 11) is 0. The minimum absolute atomic E-state index is 0.222. The van der Waals surface area contributed by atoms with Gasteiger partial charge in [-0.05, 0) is 24.6 Å². The minimum Gasteiger partial charge on any atom is -0.488 e. The number of fused-ring (bicyclic) bond motifs is 1. The molecule has 0 spiro atoms. The molecule has 1 atom stereocenters. The lowest BCUT2D eigenvalue weighted by molar-refractivity contribution is 0.238. The van der Waals surface area contributed by atoms with Crippen LogP contribution in [0.1, 0.15) is 24.5 Å². The molecule has 0 fully saturated rings. The van der Waals surface area contributed by atoms with Crippen molar-refractivity contribution in [3.63, 3.8) is 0 Å². The molecule has 0 aromatic heterocycles. The molecule has 1 aromatic rings. The summed E-state index contributed by atoms with van der Waals surface area (Å²) in [5.74, 6) is 0.247. The van der Waals surface area contributed by atoms with Crippen molar-refractivity contribution in [3.8, 4) is 17.9 Å². The molecule has 0 saturated heterocycles. The van der Waals surface area contributed by atoms with E-state index in [-0.39, 0.29) is 18.3 Å². The molecule has 0 saturated carbocycles. The molecule has 18 heavy (non-hydrogen) atoms. The van der Waals surface area contributed by atoms with Crippen molar-refractivity contribution in [2.24, 2.45) is 0 Å². The van der Waals surface area contributed by atoms with Crippen LogP contribution in [0.2, 0.25) is 0 Å². The number of ether oxygens (including phenoxy) is 1. The molecule has 1 aromatic carbocycles. The fourth-order valence-corrected chi connectivity index (χ4v) is 2.08. The van der Waals surface area contributed by atoms with Crippen LogP contribution in [-0.2, 0) is 6.42 Å². The maximum absolute atomic E-state index is 13.5. The van der Waals surface area contributed by atoms with Crippen LogP contribution in [0.3, 0.4) is 0 Å². The van der Waals surface area contributed by atoms with E-state index in [1.165, 1.54) is 18.2 Å². The van der Waals surface area contributed by atoms with E-state index in [1.807, 2.05) is 12.1 Å². The average Bonchev–Trinajstić information content (AvgIpc) is 2.71. The summed E-state index contributed by atoms with van der Waals surface area (Å²) in [6, 6.07) is 6.75. The van der Waals surface area contributed by atoms with E-state index >= 15 is 0 Å². The van der Waals surface area contributed by atoms with Gasteiger partial charge in [-0.1, -0.05) is 0 Å². The highest BCUT2D eigenvalue weighted by atomic mass is 19.1. The van der Waals surface area contributed by atoms with Gasteiger partial charge in [0.25, 0.3) is 0 Å². The van der Waals surface area contributed by atoms with Gasteiger partial charge in [-0.15, -0.1) is 0 Å². The standard InChI is InChI=1S/C14H11FN2O/c1-9(2-4-16)13-8-11(15)6-10-7-12(3-5-17)18-14(10)13/h2,6,8,12H,3,7H2,1H3/b9-2+. The fourth-order valence-electron chi connectivity index (χ4n) is 2.08. The van der Waals surface area contributed by atoms with Gasteiger partial charge in [0.1, 0.15) is 17.7 Å². The third-order valence-corrected chi connectivity index (χ3v) is 2.89. The lowest BCUT2D eigenvalue weighted by Gasteiger charge is -2.10. The van der Waals surface area contributed by atoms with Crippen molar-refractivity contribution >= 4 is 5.57 Å². The van der Waals surface area contributed by atoms with Crippen LogP contribution in [-0.4, -0.2) is 6.10 Å². The van der Waals surface area contributed by atoms with Crippen LogP contribution in [0.5, 0.6) is 5.75 Å². The zero-order valence-corrected chi connectivity index (χ0v) is 9.90. The van der Waals surface area contributed by atoms with Crippen molar-refractivity contribution in [1.29, 1.82) is 10.5 Å². The van der Waals surface area contributed by atoms with Gasteiger partial charge in [-0.2, -0.15) is 10.5 Å². The number of allylic oxidation sites excluding steroid dienone is 2. The largest absolute Gasteiger partial charge is 0.488 e. The van der Waals surface area contributed by atoms with E-state index in [1.54, 1.807) is 6.92 Å². The Morgan fingerprint density at radius 3 is 3.00 bits per heavy atom. The summed E-state index contributed by atoms with van der Waals surface area (Å²) in [6.45, 7) is 1.74. The maximum atomic E-state index is 13.5. The van der Waals surface area contributed by atoms with Gasteiger partial charge >= 0.3 is 0 Å². The monoisotopic (exact) mass is 242 g/mol. The topological polar surface area (TPSA) is 56.8 Å².